The van der Waals surface area contributed by atoms with Crippen LogP contribution in [0.15, 0.2) is 302 Å². The van der Waals surface area contributed by atoms with Gasteiger partial charge < -0.3 is 15.5 Å². The van der Waals surface area contributed by atoms with Crippen molar-refractivity contribution in [3.8, 4) is 0 Å². The van der Waals surface area contributed by atoms with Crippen LogP contribution in [0.1, 0.15) is 329 Å². The topological polar surface area (TPSA) is 206 Å². The Balaban J connectivity index is 0.000000132. The molecule has 12 aromatic rings. The van der Waals surface area contributed by atoms with Crippen molar-refractivity contribution >= 4 is 78.3 Å². The summed E-state index contributed by atoms with van der Waals surface area (Å²) in [7, 11) is -4.48. The Morgan fingerprint density at radius 3 is 1.41 bits per heavy atom. The number of fused-ring (bicyclic) bond motifs is 12. The number of aliphatic hydroxyl groups excluding tert-OH is 2. The maximum absolute atomic E-state index is 11.7. The van der Waals surface area contributed by atoms with Crippen molar-refractivity contribution in [2.24, 2.45) is 0 Å². The minimum atomic E-state index is -2.98. The molecule has 24 rings (SSSR count). The van der Waals surface area contributed by atoms with Crippen molar-refractivity contribution in [1.29, 1.82) is 0 Å². The van der Waals surface area contributed by atoms with Gasteiger partial charge in [0.15, 0.2) is 15.6 Å². The maximum atomic E-state index is 11.7. The second kappa shape index (κ2) is 43.2. The number of Topliss-reactive ketones (excluding diaryl/α,β-unsaturated/α-hetero) is 4. The van der Waals surface area contributed by atoms with Gasteiger partial charge in [-0.05, 0) is 248 Å². The van der Waals surface area contributed by atoms with Gasteiger partial charge in [0.05, 0.1) is 55.6 Å². The van der Waals surface area contributed by atoms with Gasteiger partial charge in [-0.15, -0.1) is 11.8 Å². The summed E-state index contributed by atoms with van der Waals surface area (Å²) in [5.74, 6) is 2.96. The molecule has 144 heavy (non-hydrogen) atoms. The quantitative estimate of drug-likeness (QED) is 0.121. The highest BCUT2D eigenvalue weighted by Gasteiger charge is 2.47. The van der Waals surface area contributed by atoms with E-state index in [2.05, 4.69) is 256 Å². The van der Waals surface area contributed by atoms with Crippen molar-refractivity contribution in [2.45, 2.75) is 309 Å². The van der Waals surface area contributed by atoms with Crippen LogP contribution >= 0.6 is 11.8 Å². The molecule has 7 aliphatic carbocycles. The lowest BCUT2D eigenvalue weighted by atomic mass is 9.85. The summed E-state index contributed by atoms with van der Waals surface area (Å²) in [4.78, 5) is 58.4. The van der Waals surface area contributed by atoms with E-state index in [1.165, 1.54) is 96.5 Å². The number of carbonyl (C=O) groups is 5. The summed E-state index contributed by atoms with van der Waals surface area (Å²) in [5, 5.41) is 22.5. The van der Waals surface area contributed by atoms with Crippen molar-refractivity contribution in [2.75, 3.05) is 5.75 Å². The van der Waals surface area contributed by atoms with Gasteiger partial charge in [0.1, 0.15) is 5.78 Å². The third-order valence-electron chi connectivity index (χ3n) is 31.1. The van der Waals surface area contributed by atoms with E-state index in [1.807, 2.05) is 191 Å². The van der Waals surface area contributed by atoms with Crippen LogP contribution in [0.3, 0.4) is 0 Å². The summed E-state index contributed by atoms with van der Waals surface area (Å²) in [5.41, 5.74) is 27.8. The van der Waals surface area contributed by atoms with Crippen molar-refractivity contribution in [1.82, 2.24) is 5.32 Å². The van der Waals surface area contributed by atoms with Crippen LogP contribution in [0.2, 0.25) is 0 Å². The third-order valence-corrected chi connectivity index (χ3v) is 38.8. The molecule has 0 saturated heterocycles. The zero-order chi connectivity index (χ0) is 105. The highest BCUT2D eigenvalue weighted by Crippen LogP contribution is 2.50. The third kappa shape index (κ3) is 23.8. The van der Waals surface area contributed by atoms with Gasteiger partial charge in [-0.3, -0.25) is 32.4 Å². The van der Waals surface area contributed by atoms with E-state index in [-0.39, 0.29) is 84.0 Å². The minimum absolute atomic E-state index is 0.0493. The van der Waals surface area contributed by atoms with Crippen LogP contribution in [0.25, 0.3) is 6.08 Å². The van der Waals surface area contributed by atoms with E-state index in [1.54, 1.807) is 51.0 Å². The molecule has 0 fully saturated rings. The van der Waals surface area contributed by atoms with Crippen molar-refractivity contribution < 1.29 is 51.0 Å². The molecular weight excluding hydrogens is 1860 g/mol. The summed E-state index contributed by atoms with van der Waals surface area (Å²) >= 11 is 2.03. The predicted octanol–water partition coefficient (Wildman–Crippen LogP) is 27.4. The lowest BCUT2D eigenvalue weighted by Crippen LogP contribution is -2.46. The molecule has 0 bridgehead atoms. The molecule has 4 atom stereocenters. The number of hydrogen-bond acceptors (Lipinski definition) is 12. The molecule has 756 valence electrons. The van der Waals surface area contributed by atoms with Crippen molar-refractivity contribution in [3.63, 3.8) is 0 Å². The molecular formula is C128H149NO11S4. The fourth-order valence-electron chi connectivity index (χ4n) is 21.8. The molecule has 0 spiro atoms. The summed E-state index contributed by atoms with van der Waals surface area (Å²) in [6.07, 6.45) is 10.0. The highest BCUT2D eigenvalue weighted by atomic mass is 32.2. The number of hydrogen-bond donors (Lipinski definition) is 3. The van der Waals surface area contributed by atoms with Gasteiger partial charge in [0.2, 0.25) is 17.5 Å². The van der Waals surface area contributed by atoms with E-state index in [0.29, 0.717) is 40.8 Å². The van der Waals surface area contributed by atoms with Crippen LogP contribution in [-0.4, -0.2) is 67.9 Å². The molecule has 12 aromatic carbocycles. The number of allylic oxidation sites excluding steroid dienone is 1. The second-order valence-electron chi connectivity index (χ2n) is 46.6. The molecule has 0 radical (unpaired) electrons. The summed E-state index contributed by atoms with van der Waals surface area (Å²) < 4.78 is 46.2. The zero-order valence-electron chi connectivity index (χ0n) is 89.0. The molecule has 12 aliphatic rings. The molecule has 3 N–H and O–H groups in total. The van der Waals surface area contributed by atoms with Crippen molar-refractivity contribution in [3.05, 3.63) is 425 Å². The SMILES string of the molecule is CC1(C)C(=O)C(=O)c2ccccc21.CC1(C)C(=O)Cc2ccccc21.CC1(C)C=Cc2ccccc21.CC1(C)CC(=O)c2ccccc21.CC1(C)CC(O)c2ccccc21.CC1(C)CCc2ccccc21.CC1(C)CS(=O)c2ccccc21.CC1(C)NC(=O)Cc2ccccc21.CC1(C)SCc2ccccc21.CC1(C)c2ccccc2CC1O.CC1(C)c2ccccc2CS1(=O)=O.CC1(C)c2ccccc2CS1=O. The number of ketones is 4. The van der Waals surface area contributed by atoms with Gasteiger partial charge in [-0.25, -0.2) is 8.42 Å². The molecule has 4 unspecified atom stereocenters. The second-order valence-corrected chi connectivity index (χ2v) is 54.2. The number of benzene rings is 12. The Kier molecular flexibility index (Phi) is 33.1. The van der Waals surface area contributed by atoms with E-state index in [0.717, 1.165) is 62.6 Å². The minimum Gasteiger partial charge on any atom is -0.392 e. The number of nitrogens with one attached hydrogen (secondary N) is 1. The molecule has 5 heterocycles. The lowest BCUT2D eigenvalue weighted by Gasteiger charge is -2.33. The Morgan fingerprint density at radius 2 is 0.861 bits per heavy atom. The summed E-state index contributed by atoms with van der Waals surface area (Å²) in [6, 6.07) is 97.6. The van der Waals surface area contributed by atoms with Crippen LogP contribution in [0, 0.1) is 0 Å². The Labute approximate surface area is 867 Å². The number of carbonyl (C=O) groups excluding carboxylic acids is 5. The molecule has 0 aromatic heterocycles. The van der Waals surface area contributed by atoms with Gasteiger partial charge in [-0.2, -0.15) is 0 Å². The number of aryl methyl sites for hydroxylation is 1. The van der Waals surface area contributed by atoms with Crippen LogP contribution in [-0.2, 0) is 152 Å². The Morgan fingerprint density at radius 1 is 0.396 bits per heavy atom. The fourth-order valence-corrected chi connectivity index (χ4v) is 27.6. The predicted molar refractivity (Wildman–Crippen MR) is 596 cm³/mol. The van der Waals surface area contributed by atoms with Gasteiger partial charge >= 0.3 is 0 Å². The number of rotatable bonds is 0. The first-order valence-corrected chi connectivity index (χ1v) is 55.9. The molecule has 0 saturated carbocycles. The first-order chi connectivity index (χ1) is 67.4. The maximum Gasteiger partial charge on any atom is 0.229 e. The first kappa shape index (κ1) is 110. The van der Waals surface area contributed by atoms with Gasteiger partial charge in [-0.1, -0.05) is 380 Å². The average molecular weight is 2010 g/mol. The zero-order valence-corrected chi connectivity index (χ0v) is 92.3. The lowest BCUT2D eigenvalue weighted by molar-refractivity contribution is -0.123. The van der Waals surface area contributed by atoms with E-state index in [4.69, 9.17) is 0 Å². The van der Waals surface area contributed by atoms with E-state index >= 15 is 0 Å². The molecule has 16 heteroatoms. The Hall–Kier alpha value is -11.0. The normalized spacial score (nSPS) is 21.6. The smallest absolute Gasteiger partial charge is 0.229 e. The van der Waals surface area contributed by atoms with Gasteiger partial charge in [0.25, 0.3) is 0 Å². The van der Waals surface area contributed by atoms with E-state index < -0.39 is 41.6 Å². The summed E-state index contributed by atoms with van der Waals surface area (Å²) in [6.45, 7) is 50.1. The first-order valence-electron chi connectivity index (χ1n) is 50.6. The van der Waals surface area contributed by atoms with E-state index in [9.17, 15) is 51.0 Å². The molecule has 5 aliphatic heterocycles. The largest absolute Gasteiger partial charge is 0.392 e. The average Bonchev–Trinajstić information content (AvgIpc) is 1.61. The molecule has 12 nitrogen and oxygen atoms in total. The fraction of sp³-hybridized carbons (Fsp3) is 0.383. The highest BCUT2D eigenvalue weighted by molar-refractivity contribution is 7.99. The Bertz CT molecular complexity index is 6780. The van der Waals surface area contributed by atoms with Crippen LogP contribution in [0.4, 0.5) is 0 Å². The van der Waals surface area contributed by atoms with Crippen LogP contribution < -0.4 is 5.32 Å². The van der Waals surface area contributed by atoms with Crippen LogP contribution in [0.5, 0.6) is 0 Å². The number of sulfone groups is 1. The molecule has 1 amide bonds. The standard InChI is InChI=1S/C11H13NO.C11H10O2.C11H14O.C11H12O.C11H14O.C11H12O.C11H14.C11H12.C10H12O2S.2C10H12OS.C10H12S/c1-11(2)9-6-4-3-5-8(9)7-10(13)12-11;1-11(2)8-6-4-3-5-7(8)9(12)10(11)13;2*1-11(2)7-10(12)8-5-3-4-6-9(8)11;2*1-11(2)9-6-4-3-5-8(9)7-10(11)12;2*1-11(2)8-7-9-5-3-4-6-10(9)11;1-10(2)9-6-4-3-5-8(9)7-13(10,11)12;1-10(2)7-12(11)9-6-4-3-5-8(9)10;1-10(2)9-6-4-3-5-8(9)7-12(10)11;1-10(2)9-6-4-3-5-8(9)7-11-10/h3-6H,7H2,1-2H3,(H,12,13);3-6H,1-2H3;3-6,10,12H,7H2,1-2H3;3-6H,7H2,1-2H3;3-6,10,12H,7H2,1-2H3;3-6H,7H2,1-2H3;3-6H,7-8H2,1-2H3;3-8H,1-2H3;3-6H,7H2,1-2H3;2*3-6H,7H2,1-2H3;3-6H,7H2,1-2H3. The number of thioether (sulfide) groups is 1. The number of amides is 1. The van der Waals surface area contributed by atoms with Gasteiger partial charge in [0, 0.05) is 83.3 Å². The monoisotopic (exact) mass is 2000 g/mol. The number of aliphatic hydroxyl groups is 2.